The van der Waals surface area contributed by atoms with Crippen LogP contribution in [0.25, 0.3) is 10.9 Å². The van der Waals surface area contributed by atoms with Crippen LogP contribution in [-0.4, -0.2) is 22.1 Å². The number of hydrogen-bond acceptors (Lipinski definition) is 2. The monoisotopic (exact) mass is 246 g/mol. The molecule has 1 amide bonds. The molecule has 0 aliphatic heterocycles. The molecule has 0 saturated heterocycles. The lowest BCUT2D eigenvalue weighted by Gasteiger charge is -2.04. The van der Waals surface area contributed by atoms with Gasteiger partial charge in [-0.05, 0) is 25.5 Å². The summed E-state index contributed by atoms with van der Waals surface area (Å²) < 4.78 is 1.93. The van der Waals surface area contributed by atoms with Crippen molar-refractivity contribution in [2.45, 2.75) is 20.3 Å². The Balaban J connectivity index is 2.57. The van der Waals surface area contributed by atoms with Crippen molar-refractivity contribution < 1.29 is 9.90 Å². The third-order valence-corrected chi connectivity index (χ3v) is 3.24. The summed E-state index contributed by atoms with van der Waals surface area (Å²) in [5.41, 5.74) is 2.47. The van der Waals surface area contributed by atoms with Crippen molar-refractivity contribution in [1.29, 1.82) is 0 Å². The minimum Gasteiger partial charge on any atom is -0.508 e. The van der Waals surface area contributed by atoms with Gasteiger partial charge in [0, 0.05) is 30.7 Å². The van der Waals surface area contributed by atoms with Gasteiger partial charge in [0.2, 0.25) is 0 Å². The highest BCUT2D eigenvalue weighted by Gasteiger charge is 2.18. The predicted octanol–water partition coefficient (Wildman–Crippen LogP) is 2.33. The molecule has 0 unspecified atom stereocenters. The zero-order valence-electron chi connectivity index (χ0n) is 10.9. The topological polar surface area (TPSA) is 54.3 Å². The Hall–Kier alpha value is -1.97. The lowest BCUT2D eigenvalue weighted by molar-refractivity contribution is 0.0954. The van der Waals surface area contributed by atoms with Crippen LogP contribution in [0.1, 0.15) is 29.4 Å². The zero-order valence-corrected chi connectivity index (χ0v) is 10.9. The Morgan fingerprint density at radius 2 is 2.17 bits per heavy atom. The Morgan fingerprint density at radius 1 is 1.44 bits per heavy atom. The van der Waals surface area contributed by atoms with Gasteiger partial charge in [0.05, 0.1) is 11.1 Å². The van der Waals surface area contributed by atoms with Crippen molar-refractivity contribution >= 4 is 16.8 Å². The fraction of sp³-hybridized carbons (Fsp3) is 0.357. The van der Waals surface area contributed by atoms with Crippen LogP contribution in [0.2, 0.25) is 0 Å². The third kappa shape index (κ3) is 1.94. The molecule has 2 N–H and O–H groups in total. The molecule has 96 valence electrons. The number of fused-ring (bicyclic) bond motifs is 1. The molecule has 1 heterocycles. The first kappa shape index (κ1) is 12.5. The van der Waals surface area contributed by atoms with Crippen LogP contribution in [0.4, 0.5) is 0 Å². The molecular formula is C14H18N2O2. The molecule has 4 heteroatoms. The highest BCUT2D eigenvalue weighted by molar-refractivity contribution is 6.08. The largest absolute Gasteiger partial charge is 0.508 e. The van der Waals surface area contributed by atoms with Crippen molar-refractivity contribution in [2.24, 2.45) is 7.05 Å². The van der Waals surface area contributed by atoms with Crippen LogP contribution < -0.4 is 5.32 Å². The molecule has 2 rings (SSSR count). The SMILES string of the molecule is CCCNC(=O)c1c(C)n(C)c2cc(O)ccc12. The van der Waals surface area contributed by atoms with Gasteiger partial charge in [-0.25, -0.2) is 0 Å². The highest BCUT2D eigenvalue weighted by atomic mass is 16.3. The van der Waals surface area contributed by atoms with Gasteiger partial charge in [0.15, 0.2) is 0 Å². The summed E-state index contributed by atoms with van der Waals surface area (Å²) in [7, 11) is 1.90. The van der Waals surface area contributed by atoms with Crippen LogP contribution in [-0.2, 0) is 7.05 Å². The van der Waals surface area contributed by atoms with E-state index in [2.05, 4.69) is 5.32 Å². The van der Waals surface area contributed by atoms with E-state index in [-0.39, 0.29) is 11.7 Å². The van der Waals surface area contributed by atoms with Crippen molar-refractivity contribution in [1.82, 2.24) is 9.88 Å². The number of aromatic nitrogens is 1. The summed E-state index contributed by atoms with van der Waals surface area (Å²) in [5, 5.41) is 13.3. The quantitative estimate of drug-likeness (QED) is 0.873. The number of rotatable bonds is 3. The highest BCUT2D eigenvalue weighted by Crippen LogP contribution is 2.27. The summed E-state index contributed by atoms with van der Waals surface area (Å²) in [6.07, 6.45) is 0.913. The van der Waals surface area contributed by atoms with Crippen molar-refractivity contribution in [2.75, 3.05) is 6.54 Å². The molecule has 0 aliphatic rings. The maximum Gasteiger partial charge on any atom is 0.253 e. The van der Waals surface area contributed by atoms with Crippen molar-refractivity contribution in [3.05, 3.63) is 29.5 Å². The number of nitrogens with zero attached hydrogens (tertiary/aromatic N) is 1. The van der Waals surface area contributed by atoms with Crippen molar-refractivity contribution in [3.8, 4) is 5.75 Å². The molecule has 0 fully saturated rings. The number of aryl methyl sites for hydroxylation is 1. The van der Waals surface area contributed by atoms with E-state index in [4.69, 9.17) is 0 Å². The van der Waals surface area contributed by atoms with E-state index in [0.29, 0.717) is 12.1 Å². The first-order valence-corrected chi connectivity index (χ1v) is 6.12. The minimum atomic E-state index is -0.0503. The molecule has 0 bridgehead atoms. The van der Waals surface area contributed by atoms with Crippen molar-refractivity contribution in [3.63, 3.8) is 0 Å². The Kier molecular flexibility index (Phi) is 3.28. The molecular weight excluding hydrogens is 228 g/mol. The van der Waals surface area contributed by atoms with Gasteiger partial charge in [-0.15, -0.1) is 0 Å². The van der Waals surface area contributed by atoms with E-state index >= 15 is 0 Å². The lowest BCUT2D eigenvalue weighted by Crippen LogP contribution is -2.24. The molecule has 2 aromatic rings. The molecule has 0 aliphatic carbocycles. The van der Waals surface area contributed by atoms with Crippen LogP contribution in [0.3, 0.4) is 0 Å². The fourth-order valence-electron chi connectivity index (χ4n) is 2.17. The summed E-state index contributed by atoms with van der Waals surface area (Å²) in [4.78, 5) is 12.1. The fourth-order valence-corrected chi connectivity index (χ4v) is 2.17. The van der Waals surface area contributed by atoms with Gasteiger partial charge in [-0.1, -0.05) is 6.92 Å². The molecule has 0 radical (unpaired) electrons. The maximum absolute atomic E-state index is 12.1. The van der Waals surface area contributed by atoms with E-state index in [1.54, 1.807) is 18.2 Å². The standard InChI is InChI=1S/C14H18N2O2/c1-4-7-15-14(18)13-9(2)16(3)12-8-10(17)5-6-11(12)13/h5-6,8,17H,4,7H2,1-3H3,(H,15,18). The first-order chi connectivity index (χ1) is 8.56. The first-order valence-electron chi connectivity index (χ1n) is 6.12. The van der Waals surface area contributed by atoms with Crippen LogP contribution in [0, 0.1) is 6.92 Å². The number of aromatic hydroxyl groups is 1. The molecule has 0 atom stereocenters. The van der Waals surface area contributed by atoms with E-state index in [9.17, 15) is 9.90 Å². The van der Waals surface area contributed by atoms with Gasteiger partial charge >= 0.3 is 0 Å². The molecule has 1 aromatic carbocycles. The Morgan fingerprint density at radius 3 is 2.83 bits per heavy atom. The number of amides is 1. The summed E-state index contributed by atoms with van der Waals surface area (Å²) in [5.74, 6) is 0.161. The second kappa shape index (κ2) is 4.72. The zero-order chi connectivity index (χ0) is 13.3. The van der Waals surface area contributed by atoms with Gasteiger partial charge in [0.25, 0.3) is 5.91 Å². The van der Waals surface area contributed by atoms with Gasteiger partial charge in [-0.3, -0.25) is 4.79 Å². The number of carbonyl (C=O) groups is 1. The third-order valence-electron chi connectivity index (χ3n) is 3.24. The van der Waals surface area contributed by atoms with E-state index in [1.807, 2.05) is 25.5 Å². The van der Waals surface area contributed by atoms with Gasteiger partial charge < -0.3 is 15.0 Å². The average molecular weight is 246 g/mol. The maximum atomic E-state index is 12.1. The number of hydrogen-bond donors (Lipinski definition) is 2. The summed E-state index contributed by atoms with van der Waals surface area (Å²) in [6.45, 7) is 4.61. The number of nitrogens with one attached hydrogen (secondary N) is 1. The smallest absolute Gasteiger partial charge is 0.253 e. The summed E-state index contributed by atoms with van der Waals surface area (Å²) in [6, 6.07) is 5.08. The molecule has 0 saturated carbocycles. The average Bonchev–Trinajstić information content (AvgIpc) is 2.60. The number of phenols is 1. The number of carbonyl (C=O) groups excluding carboxylic acids is 1. The Labute approximate surface area is 106 Å². The van der Waals surface area contributed by atoms with Crippen LogP contribution in [0.5, 0.6) is 5.75 Å². The predicted molar refractivity (Wildman–Crippen MR) is 71.9 cm³/mol. The lowest BCUT2D eigenvalue weighted by atomic mass is 10.1. The van der Waals surface area contributed by atoms with Crippen LogP contribution in [0.15, 0.2) is 18.2 Å². The van der Waals surface area contributed by atoms with E-state index in [1.165, 1.54) is 0 Å². The van der Waals surface area contributed by atoms with E-state index < -0.39 is 0 Å². The van der Waals surface area contributed by atoms with Gasteiger partial charge in [-0.2, -0.15) is 0 Å². The second-order valence-corrected chi connectivity index (χ2v) is 4.48. The second-order valence-electron chi connectivity index (χ2n) is 4.48. The van der Waals surface area contributed by atoms with Crippen LogP contribution >= 0.6 is 0 Å². The molecule has 18 heavy (non-hydrogen) atoms. The van der Waals surface area contributed by atoms with Gasteiger partial charge in [0.1, 0.15) is 5.75 Å². The summed E-state index contributed by atoms with van der Waals surface area (Å²) >= 11 is 0. The number of benzene rings is 1. The number of phenolic OH excluding ortho intramolecular Hbond substituents is 1. The van der Waals surface area contributed by atoms with E-state index in [0.717, 1.165) is 23.0 Å². The normalized spacial score (nSPS) is 10.8. The Bertz CT molecular complexity index is 599. The molecule has 4 nitrogen and oxygen atoms in total. The molecule has 0 spiro atoms. The molecule has 1 aromatic heterocycles. The minimum absolute atomic E-state index is 0.0503.